The van der Waals surface area contributed by atoms with E-state index in [0.717, 1.165) is 18.7 Å². The normalized spacial score (nSPS) is 15.8. The summed E-state index contributed by atoms with van der Waals surface area (Å²) in [6, 6.07) is 0. The van der Waals surface area contributed by atoms with Gasteiger partial charge in [0.05, 0.1) is 6.20 Å². The van der Waals surface area contributed by atoms with Crippen molar-refractivity contribution >= 4 is 17.5 Å². The third-order valence-corrected chi connectivity index (χ3v) is 3.31. The fraction of sp³-hybridized carbons (Fsp3) is 0.500. The number of hydrogen-bond acceptors (Lipinski definition) is 5. The Balaban J connectivity index is 1.95. The van der Waals surface area contributed by atoms with Gasteiger partial charge in [-0.1, -0.05) is 0 Å². The Kier molecular flexibility index (Phi) is 3.33. The molecule has 1 aliphatic rings. The number of halogens is 1. The van der Waals surface area contributed by atoms with Gasteiger partial charge in [0.25, 0.3) is 5.95 Å². The van der Waals surface area contributed by atoms with Crippen molar-refractivity contribution in [3.63, 3.8) is 0 Å². The zero-order valence-electron chi connectivity index (χ0n) is 10.8. The van der Waals surface area contributed by atoms with E-state index in [-0.39, 0.29) is 5.28 Å². The Bertz CT molecular complexity index is 575. The maximum absolute atomic E-state index is 6.00. The summed E-state index contributed by atoms with van der Waals surface area (Å²) >= 11 is 6.00. The van der Waals surface area contributed by atoms with Gasteiger partial charge in [-0.2, -0.15) is 20.1 Å². The Morgan fingerprint density at radius 3 is 2.47 bits per heavy atom. The van der Waals surface area contributed by atoms with E-state index in [1.807, 2.05) is 13.1 Å². The summed E-state index contributed by atoms with van der Waals surface area (Å²) < 4.78 is 1.62. The number of hydrogen-bond donors (Lipinski definition) is 0. The molecule has 2 aromatic heterocycles. The molecule has 7 heteroatoms. The maximum atomic E-state index is 6.00. The van der Waals surface area contributed by atoms with Crippen molar-refractivity contribution in [3.05, 3.63) is 23.2 Å². The van der Waals surface area contributed by atoms with Crippen LogP contribution in [0, 0.1) is 6.92 Å². The smallest absolute Gasteiger partial charge is 0.256 e. The lowest BCUT2D eigenvalue weighted by atomic mass is 10.1. The van der Waals surface area contributed by atoms with Crippen LogP contribution in [0.2, 0.25) is 5.28 Å². The van der Waals surface area contributed by atoms with E-state index < -0.39 is 0 Å². The third kappa shape index (κ3) is 2.68. The van der Waals surface area contributed by atoms with Gasteiger partial charge < -0.3 is 4.90 Å². The van der Waals surface area contributed by atoms with E-state index in [4.69, 9.17) is 11.6 Å². The largest absolute Gasteiger partial charge is 0.341 e. The lowest BCUT2D eigenvalue weighted by molar-refractivity contribution is 0.566. The van der Waals surface area contributed by atoms with Crippen LogP contribution in [0.15, 0.2) is 12.4 Å². The van der Waals surface area contributed by atoms with Gasteiger partial charge in [-0.05, 0) is 43.4 Å². The second kappa shape index (κ2) is 5.13. The van der Waals surface area contributed by atoms with Crippen molar-refractivity contribution < 1.29 is 0 Å². The second-order valence-electron chi connectivity index (χ2n) is 4.71. The monoisotopic (exact) mass is 278 g/mol. The SMILES string of the molecule is Cc1cnn(-c2nc(Cl)nc(N3CCCCC3)n2)c1. The molecule has 0 atom stereocenters. The van der Waals surface area contributed by atoms with Gasteiger partial charge in [-0.15, -0.1) is 0 Å². The van der Waals surface area contributed by atoms with Crippen LogP contribution in [0.25, 0.3) is 5.95 Å². The molecule has 19 heavy (non-hydrogen) atoms. The molecule has 1 fully saturated rings. The van der Waals surface area contributed by atoms with E-state index in [9.17, 15) is 0 Å². The Hall–Kier alpha value is -1.69. The first-order valence-electron chi connectivity index (χ1n) is 6.40. The van der Waals surface area contributed by atoms with Crippen molar-refractivity contribution in [2.24, 2.45) is 0 Å². The van der Waals surface area contributed by atoms with E-state index in [2.05, 4.69) is 25.0 Å². The summed E-state index contributed by atoms with van der Waals surface area (Å²) in [7, 11) is 0. The standard InChI is InChI=1S/C12H15ClN6/c1-9-7-14-19(8-9)12-16-10(13)15-11(17-12)18-5-3-2-4-6-18/h7-8H,2-6H2,1H3. The van der Waals surface area contributed by atoms with E-state index in [0.29, 0.717) is 11.9 Å². The van der Waals surface area contributed by atoms with Gasteiger partial charge in [0.15, 0.2) is 0 Å². The van der Waals surface area contributed by atoms with Crippen molar-refractivity contribution in [1.82, 2.24) is 24.7 Å². The summed E-state index contributed by atoms with van der Waals surface area (Å²) in [4.78, 5) is 15.0. The number of aryl methyl sites for hydroxylation is 1. The molecule has 0 unspecified atom stereocenters. The molecule has 0 bridgehead atoms. The summed E-state index contributed by atoms with van der Waals surface area (Å²) in [5.41, 5.74) is 1.05. The summed E-state index contributed by atoms with van der Waals surface area (Å²) in [6.45, 7) is 3.91. The lowest BCUT2D eigenvalue weighted by Gasteiger charge is -2.26. The number of anilines is 1. The highest BCUT2D eigenvalue weighted by Gasteiger charge is 2.16. The first kappa shape index (κ1) is 12.3. The topological polar surface area (TPSA) is 59.7 Å². The van der Waals surface area contributed by atoms with Crippen LogP contribution in [0.1, 0.15) is 24.8 Å². The van der Waals surface area contributed by atoms with Crippen molar-refractivity contribution in [3.8, 4) is 5.95 Å². The van der Waals surface area contributed by atoms with Crippen molar-refractivity contribution in [1.29, 1.82) is 0 Å². The van der Waals surface area contributed by atoms with Crippen molar-refractivity contribution in [2.75, 3.05) is 18.0 Å². The number of aromatic nitrogens is 5. The van der Waals surface area contributed by atoms with Crippen LogP contribution < -0.4 is 4.90 Å². The molecular formula is C12H15ClN6. The highest BCUT2D eigenvalue weighted by atomic mass is 35.5. The number of nitrogens with zero attached hydrogens (tertiary/aromatic N) is 6. The maximum Gasteiger partial charge on any atom is 0.256 e. The molecule has 1 saturated heterocycles. The fourth-order valence-corrected chi connectivity index (χ4v) is 2.34. The van der Waals surface area contributed by atoms with Gasteiger partial charge in [0.2, 0.25) is 11.2 Å². The highest BCUT2D eigenvalue weighted by Crippen LogP contribution is 2.18. The zero-order valence-corrected chi connectivity index (χ0v) is 11.5. The average Bonchev–Trinajstić information content (AvgIpc) is 2.86. The van der Waals surface area contributed by atoms with E-state index in [1.54, 1.807) is 10.9 Å². The molecule has 0 radical (unpaired) electrons. The zero-order chi connectivity index (χ0) is 13.2. The first-order valence-corrected chi connectivity index (χ1v) is 6.78. The minimum absolute atomic E-state index is 0.207. The van der Waals surface area contributed by atoms with Gasteiger partial charge >= 0.3 is 0 Å². The Morgan fingerprint density at radius 2 is 1.79 bits per heavy atom. The van der Waals surface area contributed by atoms with E-state index in [1.165, 1.54) is 19.3 Å². The summed E-state index contributed by atoms with van der Waals surface area (Å²) in [6.07, 6.45) is 7.23. The van der Waals surface area contributed by atoms with Crippen LogP contribution >= 0.6 is 11.6 Å². The molecule has 3 rings (SSSR count). The highest BCUT2D eigenvalue weighted by molar-refractivity contribution is 6.28. The van der Waals surface area contributed by atoms with Crippen LogP contribution in [0.3, 0.4) is 0 Å². The molecule has 0 saturated carbocycles. The van der Waals surface area contributed by atoms with Crippen LogP contribution in [-0.2, 0) is 0 Å². The lowest BCUT2D eigenvalue weighted by Crippen LogP contribution is -2.31. The van der Waals surface area contributed by atoms with Crippen LogP contribution in [-0.4, -0.2) is 37.8 Å². The fourth-order valence-electron chi connectivity index (χ4n) is 2.19. The quantitative estimate of drug-likeness (QED) is 0.841. The molecule has 100 valence electrons. The van der Waals surface area contributed by atoms with Crippen LogP contribution in [0.4, 0.5) is 5.95 Å². The first-order chi connectivity index (χ1) is 9.22. The van der Waals surface area contributed by atoms with Gasteiger partial charge in [-0.25, -0.2) is 4.68 Å². The molecule has 1 aliphatic heterocycles. The minimum atomic E-state index is 0.207. The van der Waals surface area contributed by atoms with Gasteiger partial charge in [0, 0.05) is 19.3 Å². The Morgan fingerprint density at radius 1 is 1.05 bits per heavy atom. The average molecular weight is 279 g/mol. The molecule has 6 nitrogen and oxygen atoms in total. The van der Waals surface area contributed by atoms with Gasteiger partial charge in [-0.3, -0.25) is 0 Å². The van der Waals surface area contributed by atoms with Crippen molar-refractivity contribution in [2.45, 2.75) is 26.2 Å². The predicted octanol–water partition coefficient (Wildman–Crippen LogP) is 2.01. The molecule has 0 aromatic carbocycles. The summed E-state index contributed by atoms with van der Waals surface area (Å²) in [5, 5.41) is 4.41. The number of rotatable bonds is 2. The predicted molar refractivity (Wildman–Crippen MR) is 72.8 cm³/mol. The number of piperidine rings is 1. The summed E-state index contributed by atoms with van der Waals surface area (Å²) in [5.74, 6) is 1.11. The third-order valence-electron chi connectivity index (χ3n) is 3.14. The molecule has 0 aliphatic carbocycles. The molecule has 0 spiro atoms. The van der Waals surface area contributed by atoms with Crippen LogP contribution in [0.5, 0.6) is 0 Å². The molecule has 2 aromatic rings. The molecule has 0 N–H and O–H groups in total. The Labute approximate surface area is 116 Å². The van der Waals surface area contributed by atoms with Gasteiger partial charge in [0.1, 0.15) is 0 Å². The second-order valence-corrected chi connectivity index (χ2v) is 5.05. The molecule has 0 amide bonds. The molecular weight excluding hydrogens is 264 g/mol. The minimum Gasteiger partial charge on any atom is -0.341 e. The molecule has 3 heterocycles. The van der Waals surface area contributed by atoms with E-state index >= 15 is 0 Å².